The average molecular weight is 206 g/mol. The van der Waals surface area contributed by atoms with Gasteiger partial charge < -0.3 is 4.79 Å². The van der Waals surface area contributed by atoms with E-state index in [1.807, 2.05) is 0 Å². The van der Waals surface area contributed by atoms with Crippen molar-refractivity contribution in [1.82, 2.24) is 0 Å². The molecule has 0 saturated carbocycles. The van der Waals surface area contributed by atoms with Crippen LogP contribution in [0.25, 0.3) is 0 Å². The Hall–Kier alpha value is -0.850. The number of carbonyl (C=O) groups is 1. The van der Waals surface area contributed by atoms with Crippen LogP contribution in [0.1, 0.15) is 46.5 Å². The molecule has 0 spiro atoms. The second-order valence-electron chi connectivity index (χ2n) is 5.26. The number of allylic oxidation sites excluding steroid dienone is 3. The van der Waals surface area contributed by atoms with Crippen LogP contribution in [-0.2, 0) is 4.79 Å². The Kier molecular flexibility index (Phi) is 3.90. The molecule has 1 rings (SSSR count). The highest BCUT2D eigenvalue weighted by Crippen LogP contribution is 2.40. The highest BCUT2D eigenvalue weighted by Gasteiger charge is 2.29. The molecule has 15 heavy (non-hydrogen) atoms. The quantitative estimate of drug-likeness (QED) is 0.503. The zero-order valence-corrected chi connectivity index (χ0v) is 10.2. The van der Waals surface area contributed by atoms with Gasteiger partial charge in [0.2, 0.25) is 0 Å². The van der Waals surface area contributed by atoms with Crippen molar-refractivity contribution in [1.29, 1.82) is 0 Å². The maximum Gasteiger partial charge on any atom is 0.131 e. The molecular formula is C14H22O. The summed E-state index contributed by atoms with van der Waals surface area (Å²) in [7, 11) is 0. The summed E-state index contributed by atoms with van der Waals surface area (Å²) < 4.78 is 0. The van der Waals surface area contributed by atoms with Crippen molar-refractivity contribution in [2.24, 2.45) is 11.3 Å². The van der Waals surface area contributed by atoms with Crippen LogP contribution in [-0.4, -0.2) is 6.29 Å². The lowest BCUT2D eigenvalue weighted by atomic mass is 9.71. The number of aldehydes is 1. The van der Waals surface area contributed by atoms with E-state index >= 15 is 0 Å². The molecule has 1 heteroatoms. The molecule has 0 aromatic carbocycles. The lowest BCUT2D eigenvalue weighted by Crippen LogP contribution is -2.23. The van der Waals surface area contributed by atoms with Crippen LogP contribution in [0.2, 0.25) is 0 Å². The van der Waals surface area contributed by atoms with Crippen molar-refractivity contribution >= 4 is 6.29 Å². The summed E-state index contributed by atoms with van der Waals surface area (Å²) in [5.41, 5.74) is 2.55. The maximum absolute atomic E-state index is 11.1. The van der Waals surface area contributed by atoms with Crippen LogP contribution in [0.4, 0.5) is 0 Å². The number of unbranched alkanes of at least 4 members (excludes halogenated alkanes) is 1. The second kappa shape index (κ2) is 4.78. The van der Waals surface area contributed by atoms with Gasteiger partial charge in [-0.1, -0.05) is 51.0 Å². The Morgan fingerprint density at radius 1 is 1.60 bits per heavy atom. The molecule has 1 nitrogen and oxygen atoms in total. The first-order valence-electron chi connectivity index (χ1n) is 5.85. The second-order valence-corrected chi connectivity index (χ2v) is 5.26. The summed E-state index contributed by atoms with van der Waals surface area (Å²) in [5.74, 6) is -0.00965. The van der Waals surface area contributed by atoms with E-state index in [1.54, 1.807) is 0 Å². The van der Waals surface area contributed by atoms with Gasteiger partial charge in [-0.2, -0.15) is 0 Å². The average Bonchev–Trinajstić information content (AvgIpc) is 2.12. The molecule has 0 saturated heterocycles. The Morgan fingerprint density at radius 2 is 2.27 bits per heavy atom. The topological polar surface area (TPSA) is 17.1 Å². The van der Waals surface area contributed by atoms with Crippen molar-refractivity contribution < 1.29 is 4.79 Å². The molecule has 1 aliphatic carbocycles. The Balaban J connectivity index is 2.89. The Bertz CT molecular complexity index is 284. The molecule has 0 aliphatic heterocycles. The van der Waals surface area contributed by atoms with Gasteiger partial charge in [0.05, 0.1) is 5.92 Å². The molecular weight excluding hydrogens is 184 g/mol. The molecule has 1 atom stereocenters. The molecule has 0 heterocycles. The molecule has 0 fully saturated rings. The minimum Gasteiger partial charge on any atom is -0.302 e. The fourth-order valence-corrected chi connectivity index (χ4v) is 2.39. The van der Waals surface area contributed by atoms with Gasteiger partial charge in [0.15, 0.2) is 0 Å². The van der Waals surface area contributed by atoms with Crippen molar-refractivity contribution in [2.75, 3.05) is 0 Å². The van der Waals surface area contributed by atoms with Gasteiger partial charge in [-0.15, -0.1) is 0 Å². The van der Waals surface area contributed by atoms with Crippen LogP contribution in [0.15, 0.2) is 23.8 Å². The summed E-state index contributed by atoms with van der Waals surface area (Å²) in [6.45, 7) is 10.7. The number of carbonyl (C=O) groups excluding carboxylic acids is 1. The Labute approximate surface area is 93.3 Å². The first-order valence-corrected chi connectivity index (χ1v) is 5.85. The van der Waals surface area contributed by atoms with Crippen molar-refractivity contribution in [2.45, 2.75) is 46.5 Å². The van der Waals surface area contributed by atoms with E-state index in [0.29, 0.717) is 0 Å². The lowest BCUT2D eigenvalue weighted by Gasteiger charge is -2.33. The standard InChI is InChI=1S/C14H22O/c1-5-6-7-12-9-14(3,4)8-11(2)13(12)10-15/h9-10,13H,2,5-8H2,1,3-4H3. The van der Waals surface area contributed by atoms with Crippen molar-refractivity contribution in [3.63, 3.8) is 0 Å². The third kappa shape index (κ3) is 3.05. The van der Waals surface area contributed by atoms with Gasteiger partial charge in [0.1, 0.15) is 6.29 Å². The minimum atomic E-state index is -0.00965. The first kappa shape index (κ1) is 12.2. The van der Waals surface area contributed by atoms with Crippen LogP contribution in [0, 0.1) is 11.3 Å². The smallest absolute Gasteiger partial charge is 0.131 e. The third-order valence-corrected chi connectivity index (χ3v) is 3.05. The summed E-state index contributed by atoms with van der Waals surface area (Å²) in [4.78, 5) is 11.1. The van der Waals surface area contributed by atoms with E-state index in [1.165, 1.54) is 18.4 Å². The van der Waals surface area contributed by atoms with Crippen LogP contribution >= 0.6 is 0 Å². The molecule has 0 bridgehead atoms. The van der Waals surface area contributed by atoms with Crippen molar-refractivity contribution in [3.05, 3.63) is 23.8 Å². The van der Waals surface area contributed by atoms with E-state index in [9.17, 15) is 4.79 Å². The lowest BCUT2D eigenvalue weighted by molar-refractivity contribution is -0.109. The molecule has 1 aliphatic rings. The third-order valence-electron chi connectivity index (χ3n) is 3.05. The fourth-order valence-electron chi connectivity index (χ4n) is 2.39. The highest BCUT2D eigenvalue weighted by molar-refractivity contribution is 5.65. The van der Waals surface area contributed by atoms with Gasteiger partial charge in [-0.05, 0) is 24.7 Å². The van der Waals surface area contributed by atoms with Gasteiger partial charge in [-0.3, -0.25) is 0 Å². The van der Waals surface area contributed by atoms with Gasteiger partial charge in [0, 0.05) is 0 Å². The van der Waals surface area contributed by atoms with E-state index < -0.39 is 0 Å². The van der Waals surface area contributed by atoms with E-state index in [-0.39, 0.29) is 11.3 Å². The molecule has 1 unspecified atom stereocenters. The van der Waals surface area contributed by atoms with E-state index in [4.69, 9.17) is 0 Å². The summed E-state index contributed by atoms with van der Waals surface area (Å²) >= 11 is 0. The van der Waals surface area contributed by atoms with Gasteiger partial charge >= 0.3 is 0 Å². The fraction of sp³-hybridized carbons (Fsp3) is 0.643. The molecule has 84 valence electrons. The zero-order chi connectivity index (χ0) is 11.5. The van der Waals surface area contributed by atoms with Crippen molar-refractivity contribution in [3.8, 4) is 0 Å². The normalized spacial score (nSPS) is 24.9. The molecule has 0 aromatic rings. The first-order chi connectivity index (χ1) is 7.00. The molecule has 0 amide bonds. The predicted molar refractivity (Wildman–Crippen MR) is 64.7 cm³/mol. The maximum atomic E-state index is 11.1. The highest BCUT2D eigenvalue weighted by atomic mass is 16.1. The van der Waals surface area contributed by atoms with Gasteiger partial charge in [-0.25, -0.2) is 0 Å². The number of rotatable bonds is 4. The molecule has 0 N–H and O–H groups in total. The van der Waals surface area contributed by atoms with E-state index in [0.717, 1.165) is 24.7 Å². The minimum absolute atomic E-state index is 0.00965. The monoisotopic (exact) mass is 206 g/mol. The summed E-state index contributed by atoms with van der Waals surface area (Å²) in [6.07, 6.45) is 7.67. The predicted octanol–water partition coefficient (Wildman–Crippen LogP) is 3.90. The number of hydrogen-bond donors (Lipinski definition) is 0. The van der Waals surface area contributed by atoms with Crippen LogP contribution in [0.3, 0.4) is 0 Å². The van der Waals surface area contributed by atoms with E-state index in [2.05, 4.69) is 33.4 Å². The summed E-state index contributed by atoms with van der Waals surface area (Å²) in [6, 6.07) is 0. The largest absolute Gasteiger partial charge is 0.302 e. The SMILES string of the molecule is C=C1CC(C)(C)C=C(CCCC)C1C=O. The molecule has 0 aromatic heterocycles. The van der Waals surface area contributed by atoms with Crippen LogP contribution < -0.4 is 0 Å². The summed E-state index contributed by atoms with van der Waals surface area (Å²) in [5, 5.41) is 0. The Morgan fingerprint density at radius 3 is 2.80 bits per heavy atom. The zero-order valence-electron chi connectivity index (χ0n) is 10.2. The molecule has 0 radical (unpaired) electrons. The van der Waals surface area contributed by atoms with Crippen LogP contribution in [0.5, 0.6) is 0 Å². The number of hydrogen-bond acceptors (Lipinski definition) is 1. The van der Waals surface area contributed by atoms with Gasteiger partial charge in [0.25, 0.3) is 0 Å².